The first kappa shape index (κ1) is 23.7. The predicted octanol–water partition coefficient (Wildman–Crippen LogP) is 0.461. The molecule has 1 saturated heterocycles. The van der Waals surface area contributed by atoms with Gasteiger partial charge in [-0.25, -0.2) is 0 Å². The summed E-state index contributed by atoms with van der Waals surface area (Å²) < 4.78 is 15.4. The van der Waals surface area contributed by atoms with Gasteiger partial charge in [0.2, 0.25) is 11.8 Å². The molecule has 0 radical (unpaired) electrons. The van der Waals surface area contributed by atoms with E-state index in [1.54, 1.807) is 25.1 Å². The molecule has 1 heterocycles. The Kier molecular flexibility index (Phi) is 8.42. The molecule has 0 aromatic heterocycles. The molecule has 1 aliphatic heterocycles. The van der Waals surface area contributed by atoms with Gasteiger partial charge in [-0.3, -0.25) is 19.2 Å². The summed E-state index contributed by atoms with van der Waals surface area (Å²) in [6, 6.07) is 3.96. The predicted molar refractivity (Wildman–Crippen MR) is 111 cm³/mol. The van der Waals surface area contributed by atoms with Crippen molar-refractivity contribution in [3.05, 3.63) is 29.5 Å². The van der Waals surface area contributed by atoms with Crippen molar-refractivity contribution in [3.63, 3.8) is 0 Å². The first-order valence-corrected chi connectivity index (χ1v) is 9.76. The molecule has 1 atom stereocenters. The minimum absolute atomic E-state index is 0.0386. The molecule has 0 spiro atoms. The molecule has 3 amide bonds. The molecule has 1 aliphatic rings. The van der Waals surface area contributed by atoms with Crippen LogP contribution in [0.2, 0.25) is 0 Å². The van der Waals surface area contributed by atoms with Crippen molar-refractivity contribution in [2.75, 3.05) is 33.9 Å². The fraction of sp³-hybridized carbons (Fsp3) is 0.429. The van der Waals surface area contributed by atoms with Crippen molar-refractivity contribution in [2.24, 2.45) is 0 Å². The molecule has 1 unspecified atom stereocenters. The zero-order valence-electron chi connectivity index (χ0n) is 18.0. The molecule has 2 N–H and O–H groups in total. The number of carbonyl (C=O) groups is 4. The Balaban J connectivity index is 2.38. The van der Waals surface area contributed by atoms with Gasteiger partial charge < -0.3 is 29.7 Å². The second kappa shape index (κ2) is 11.0. The molecular weight excluding hydrogens is 406 g/mol. The maximum Gasteiger partial charge on any atom is 0.308 e. The lowest BCUT2D eigenvalue weighted by Gasteiger charge is -2.35. The molecular formula is C21H27N3O7. The first-order valence-electron chi connectivity index (χ1n) is 9.76. The Hall–Kier alpha value is -3.56. The topological polar surface area (TPSA) is 123 Å². The summed E-state index contributed by atoms with van der Waals surface area (Å²) in [4.78, 5) is 50.6. The maximum absolute atomic E-state index is 13.3. The molecule has 1 fully saturated rings. The highest BCUT2D eigenvalue weighted by Crippen LogP contribution is 2.28. The molecule has 1 aromatic rings. The van der Waals surface area contributed by atoms with Crippen LogP contribution in [0.1, 0.15) is 25.8 Å². The summed E-state index contributed by atoms with van der Waals surface area (Å²) in [5.74, 6) is -1.14. The number of esters is 1. The molecule has 1 aromatic carbocycles. The van der Waals surface area contributed by atoms with Crippen LogP contribution in [-0.4, -0.2) is 68.5 Å². The van der Waals surface area contributed by atoms with Gasteiger partial charge in [0.15, 0.2) is 11.5 Å². The highest BCUT2D eigenvalue weighted by atomic mass is 16.5. The number of nitrogens with one attached hydrogen (secondary N) is 2. The van der Waals surface area contributed by atoms with Gasteiger partial charge in [0.1, 0.15) is 11.7 Å². The maximum atomic E-state index is 13.3. The highest BCUT2D eigenvalue weighted by Gasteiger charge is 2.36. The van der Waals surface area contributed by atoms with E-state index in [1.807, 2.05) is 0 Å². The average Bonchev–Trinajstić information content (AvgIpc) is 2.74. The van der Waals surface area contributed by atoms with Gasteiger partial charge in [0.05, 0.1) is 27.2 Å². The van der Waals surface area contributed by atoms with Gasteiger partial charge in [-0.1, -0.05) is 6.07 Å². The first-order chi connectivity index (χ1) is 14.8. The van der Waals surface area contributed by atoms with Crippen molar-refractivity contribution >= 4 is 29.8 Å². The second-order valence-electron chi connectivity index (χ2n) is 6.67. The Morgan fingerprint density at radius 3 is 2.55 bits per heavy atom. The van der Waals surface area contributed by atoms with Gasteiger partial charge in [-0.15, -0.1) is 0 Å². The lowest BCUT2D eigenvalue weighted by molar-refractivity contribution is -0.150. The van der Waals surface area contributed by atoms with Gasteiger partial charge >= 0.3 is 5.97 Å². The van der Waals surface area contributed by atoms with E-state index in [4.69, 9.17) is 14.2 Å². The summed E-state index contributed by atoms with van der Waals surface area (Å²) >= 11 is 0. The normalized spacial score (nSPS) is 16.3. The van der Waals surface area contributed by atoms with Crippen molar-refractivity contribution in [3.8, 4) is 11.5 Å². The summed E-state index contributed by atoms with van der Waals surface area (Å²) in [6.07, 6.45) is 1.19. The lowest BCUT2D eigenvalue weighted by atomic mass is 10.1. The van der Waals surface area contributed by atoms with E-state index in [2.05, 4.69) is 10.6 Å². The van der Waals surface area contributed by atoms with E-state index >= 15 is 0 Å². The van der Waals surface area contributed by atoms with Crippen LogP contribution in [0.15, 0.2) is 23.9 Å². The third-order valence-electron chi connectivity index (χ3n) is 4.52. The number of amides is 3. The Bertz CT molecular complexity index is 882. The van der Waals surface area contributed by atoms with E-state index in [0.29, 0.717) is 17.1 Å². The van der Waals surface area contributed by atoms with E-state index in [1.165, 1.54) is 32.1 Å². The molecule has 2 rings (SSSR count). The Morgan fingerprint density at radius 2 is 1.94 bits per heavy atom. The number of hydrogen-bond acceptors (Lipinski definition) is 7. The van der Waals surface area contributed by atoms with Crippen LogP contribution >= 0.6 is 0 Å². The smallest absolute Gasteiger partial charge is 0.308 e. The van der Waals surface area contributed by atoms with E-state index in [-0.39, 0.29) is 31.8 Å². The number of hydrogen-bond donors (Lipinski definition) is 2. The van der Waals surface area contributed by atoms with Gasteiger partial charge in [0, 0.05) is 20.0 Å². The number of ether oxygens (including phenoxy) is 3. The van der Waals surface area contributed by atoms with Crippen molar-refractivity contribution < 1.29 is 33.4 Å². The van der Waals surface area contributed by atoms with Crippen LogP contribution < -0.4 is 20.1 Å². The minimum atomic E-state index is -1.04. The summed E-state index contributed by atoms with van der Waals surface area (Å²) in [7, 11) is 2.99. The average molecular weight is 433 g/mol. The number of piperazine rings is 1. The summed E-state index contributed by atoms with van der Waals surface area (Å²) in [6.45, 7) is 3.50. The SMILES string of the molecule is CCOC(=O)CC1C(=O)NCCN1C(=O)C(=Cc1ccc(OC)c(OC)c1)NC(C)=O. The van der Waals surface area contributed by atoms with Gasteiger partial charge in [-0.2, -0.15) is 0 Å². The van der Waals surface area contributed by atoms with E-state index < -0.39 is 29.7 Å². The fourth-order valence-electron chi connectivity index (χ4n) is 3.14. The number of nitrogens with zero attached hydrogens (tertiary/aromatic N) is 1. The molecule has 0 saturated carbocycles. The van der Waals surface area contributed by atoms with Crippen LogP contribution in [0.25, 0.3) is 6.08 Å². The number of methoxy groups -OCH3 is 2. The Morgan fingerprint density at radius 1 is 1.23 bits per heavy atom. The quantitative estimate of drug-likeness (QED) is 0.451. The highest BCUT2D eigenvalue weighted by molar-refractivity contribution is 6.03. The fourth-order valence-corrected chi connectivity index (χ4v) is 3.14. The van der Waals surface area contributed by atoms with Crippen molar-refractivity contribution in [1.82, 2.24) is 15.5 Å². The largest absolute Gasteiger partial charge is 0.493 e. The van der Waals surface area contributed by atoms with Crippen molar-refractivity contribution in [1.29, 1.82) is 0 Å². The molecule has 168 valence electrons. The molecule has 31 heavy (non-hydrogen) atoms. The summed E-state index contributed by atoms with van der Waals surface area (Å²) in [5.41, 5.74) is 0.529. The van der Waals surface area contributed by atoms with Crippen LogP contribution in [0.3, 0.4) is 0 Å². The summed E-state index contributed by atoms with van der Waals surface area (Å²) in [5, 5.41) is 5.16. The minimum Gasteiger partial charge on any atom is -0.493 e. The zero-order chi connectivity index (χ0) is 23.0. The standard InChI is InChI=1S/C21H27N3O7/c1-5-31-19(26)12-16-20(27)22-8-9-24(16)21(28)15(23-13(2)25)10-14-6-7-17(29-3)18(11-14)30-4/h6-7,10-11,16H,5,8-9,12H2,1-4H3,(H,22,27)(H,23,25). The molecule has 10 nitrogen and oxygen atoms in total. The molecule has 10 heteroatoms. The van der Waals surface area contributed by atoms with E-state index in [0.717, 1.165) is 0 Å². The third kappa shape index (κ3) is 6.21. The Labute approximate surface area is 180 Å². The van der Waals surface area contributed by atoms with Gasteiger partial charge in [-0.05, 0) is 30.7 Å². The van der Waals surface area contributed by atoms with Crippen molar-refractivity contribution in [2.45, 2.75) is 26.3 Å². The van der Waals surface area contributed by atoms with E-state index in [9.17, 15) is 19.2 Å². The number of carbonyl (C=O) groups excluding carboxylic acids is 4. The molecule has 0 aliphatic carbocycles. The second-order valence-corrected chi connectivity index (χ2v) is 6.67. The number of benzene rings is 1. The van der Waals surface area contributed by atoms with Crippen LogP contribution in [-0.2, 0) is 23.9 Å². The third-order valence-corrected chi connectivity index (χ3v) is 4.52. The zero-order valence-corrected chi connectivity index (χ0v) is 18.0. The van der Waals surface area contributed by atoms with Crippen LogP contribution in [0, 0.1) is 0 Å². The monoisotopic (exact) mass is 433 g/mol. The molecule has 0 bridgehead atoms. The van der Waals surface area contributed by atoms with Crippen LogP contribution in [0.5, 0.6) is 11.5 Å². The van der Waals surface area contributed by atoms with Crippen LogP contribution in [0.4, 0.5) is 0 Å². The van der Waals surface area contributed by atoms with Gasteiger partial charge in [0.25, 0.3) is 5.91 Å². The lowest BCUT2D eigenvalue weighted by Crippen LogP contribution is -2.58. The number of rotatable bonds is 8.